The summed E-state index contributed by atoms with van der Waals surface area (Å²) in [6, 6.07) is 16.4. The Labute approximate surface area is 162 Å². The minimum atomic E-state index is -0.252. The maximum Gasteiger partial charge on any atom is 0.228 e. The van der Waals surface area contributed by atoms with Crippen LogP contribution in [-0.4, -0.2) is 15.7 Å². The molecule has 1 N–H and O–H groups in total. The van der Waals surface area contributed by atoms with Gasteiger partial charge in [-0.1, -0.05) is 61.8 Å². The molecule has 0 saturated heterocycles. The second kappa shape index (κ2) is 7.76. The zero-order valence-corrected chi connectivity index (χ0v) is 16.1. The van der Waals surface area contributed by atoms with E-state index in [1.807, 2.05) is 36.4 Å². The molecular weight excluding hydrogens is 362 g/mol. The van der Waals surface area contributed by atoms with Gasteiger partial charge in [0.25, 0.3) is 0 Å². The Morgan fingerprint density at radius 1 is 1.11 bits per heavy atom. The van der Waals surface area contributed by atoms with E-state index >= 15 is 0 Å². The Morgan fingerprint density at radius 2 is 1.81 bits per heavy atom. The van der Waals surface area contributed by atoms with E-state index in [2.05, 4.69) is 10.4 Å². The first kappa shape index (κ1) is 18.9. The fourth-order valence-corrected chi connectivity index (χ4v) is 2.87. The number of amides is 1. The van der Waals surface area contributed by atoms with Gasteiger partial charge in [-0.3, -0.25) is 9.59 Å². The van der Waals surface area contributed by atoms with E-state index in [-0.39, 0.29) is 17.3 Å². The molecule has 0 spiro atoms. The molecule has 0 aliphatic heterocycles. The lowest BCUT2D eigenvalue weighted by Gasteiger charge is -2.19. The van der Waals surface area contributed by atoms with Crippen molar-refractivity contribution in [3.05, 3.63) is 75.5 Å². The molecule has 1 heterocycles. The van der Waals surface area contributed by atoms with Gasteiger partial charge < -0.3 is 5.32 Å². The van der Waals surface area contributed by atoms with Crippen LogP contribution in [0.15, 0.2) is 59.4 Å². The molecule has 1 aromatic heterocycles. The lowest BCUT2D eigenvalue weighted by molar-refractivity contribution is -0.118. The molecule has 0 unspecified atom stereocenters. The number of carbonyl (C=O) groups excluding carboxylic acids is 1. The van der Waals surface area contributed by atoms with Gasteiger partial charge in [-0.05, 0) is 30.7 Å². The third-order valence-electron chi connectivity index (χ3n) is 4.14. The zero-order valence-electron chi connectivity index (χ0n) is 15.4. The number of nitrogens with zero attached hydrogens (tertiary/aromatic N) is 2. The molecule has 0 aliphatic carbocycles. The van der Waals surface area contributed by atoms with Crippen LogP contribution in [0.1, 0.15) is 19.5 Å². The number of carbonyl (C=O) groups is 1. The van der Waals surface area contributed by atoms with Crippen LogP contribution in [0.2, 0.25) is 5.02 Å². The maximum atomic E-state index is 12.9. The van der Waals surface area contributed by atoms with Crippen molar-refractivity contribution >= 4 is 23.3 Å². The Kier molecular flexibility index (Phi) is 5.42. The highest BCUT2D eigenvalue weighted by Crippen LogP contribution is 2.28. The van der Waals surface area contributed by atoms with E-state index in [4.69, 9.17) is 11.6 Å². The van der Waals surface area contributed by atoms with Gasteiger partial charge in [-0.25, -0.2) is 4.68 Å². The third-order valence-corrected chi connectivity index (χ3v) is 4.37. The molecule has 0 aliphatic rings. The van der Waals surface area contributed by atoms with Gasteiger partial charge in [0, 0.05) is 10.9 Å². The highest BCUT2D eigenvalue weighted by atomic mass is 35.5. The standard InChI is InChI=1S/C21H20ClN3O2/c1-13(2)21(27)23-20-18(15-8-5-4-6-9-15)19(26)14(3)24-25(20)17-11-7-10-16(22)12-17/h4-13H,1-3H3,(H,23,27). The molecule has 1 amide bonds. The molecule has 138 valence electrons. The number of aromatic nitrogens is 2. The summed E-state index contributed by atoms with van der Waals surface area (Å²) in [6.45, 7) is 5.24. The molecular formula is C21H20ClN3O2. The maximum absolute atomic E-state index is 12.9. The average Bonchev–Trinajstić information content (AvgIpc) is 2.65. The highest BCUT2D eigenvalue weighted by molar-refractivity contribution is 6.30. The van der Waals surface area contributed by atoms with Crippen LogP contribution in [0.3, 0.4) is 0 Å². The van der Waals surface area contributed by atoms with Crippen LogP contribution < -0.4 is 10.7 Å². The minimum Gasteiger partial charge on any atom is -0.310 e. The molecule has 3 rings (SSSR count). The SMILES string of the molecule is Cc1nn(-c2cccc(Cl)c2)c(NC(=O)C(C)C)c(-c2ccccc2)c1=O. The second-order valence-electron chi connectivity index (χ2n) is 6.54. The molecule has 0 bridgehead atoms. The van der Waals surface area contributed by atoms with Gasteiger partial charge in [0.15, 0.2) is 0 Å². The van der Waals surface area contributed by atoms with Crippen molar-refractivity contribution in [2.45, 2.75) is 20.8 Å². The van der Waals surface area contributed by atoms with Crippen molar-refractivity contribution in [3.8, 4) is 16.8 Å². The normalized spacial score (nSPS) is 10.9. The number of halogens is 1. The molecule has 27 heavy (non-hydrogen) atoms. The van der Waals surface area contributed by atoms with Crippen LogP contribution in [0.25, 0.3) is 16.8 Å². The van der Waals surface area contributed by atoms with E-state index in [9.17, 15) is 9.59 Å². The minimum absolute atomic E-state index is 0.201. The van der Waals surface area contributed by atoms with Crippen LogP contribution in [0.4, 0.5) is 5.82 Å². The molecule has 0 fully saturated rings. The molecule has 5 nitrogen and oxygen atoms in total. The van der Waals surface area contributed by atoms with Crippen molar-refractivity contribution in [3.63, 3.8) is 0 Å². The van der Waals surface area contributed by atoms with Crippen molar-refractivity contribution in [1.82, 2.24) is 9.78 Å². The summed E-state index contributed by atoms with van der Waals surface area (Å²) in [6.07, 6.45) is 0. The van der Waals surface area contributed by atoms with Gasteiger partial charge in [0.1, 0.15) is 11.5 Å². The predicted octanol–water partition coefficient (Wildman–Crippen LogP) is 4.46. The summed E-state index contributed by atoms with van der Waals surface area (Å²) in [5, 5.41) is 7.83. The smallest absolute Gasteiger partial charge is 0.228 e. The number of rotatable bonds is 4. The first-order valence-electron chi connectivity index (χ1n) is 8.64. The number of hydrogen-bond acceptors (Lipinski definition) is 3. The quantitative estimate of drug-likeness (QED) is 0.725. The summed E-state index contributed by atoms with van der Waals surface area (Å²) < 4.78 is 1.56. The largest absolute Gasteiger partial charge is 0.310 e. The van der Waals surface area contributed by atoms with Crippen LogP contribution in [-0.2, 0) is 4.79 Å². The van der Waals surface area contributed by atoms with E-state index in [0.717, 1.165) is 0 Å². The Bertz CT molecular complexity index is 1040. The number of nitrogens with one attached hydrogen (secondary N) is 1. The molecule has 0 saturated carbocycles. The lowest BCUT2D eigenvalue weighted by atomic mass is 10.0. The van der Waals surface area contributed by atoms with Gasteiger partial charge in [-0.15, -0.1) is 0 Å². The van der Waals surface area contributed by atoms with Gasteiger partial charge in [0.05, 0.1) is 11.3 Å². The molecule has 0 radical (unpaired) electrons. The first-order valence-corrected chi connectivity index (χ1v) is 9.02. The number of hydrogen-bond donors (Lipinski definition) is 1. The third kappa shape index (κ3) is 3.93. The van der Waals surface area contributed by atoms with Crippen molar-refractivity contribution < 1.29 is 4.79 Å². The second-order valence-corrected chi connectivity index (χ2v) is 6.98. The predicted molar refractivity (Wildman–Crippen MR) is 108 cm³/mol. The molecule has 3 aromatic rings. The summed E-state index contributed by atoms with van der Waals surface area (Å²) in [7, 11) is 0. The first-order chi connectivity index (χ1) is 12.9. The van der Waals surface area contributed by atoms with E-state index in [1.54, 1.807) is 43.7 Å². The lowest BCUT2D eigenvalue weighted by Crippen LogP contribution is -2.26. The Balaban J connectivity index is 2.34. The fourth-order valence-electron chi connectivity index (χ4n) is 2.68. The monoisotopic (exact) mass is 381 g/mol. The fraction of sp³-hybridized carbons (Fsp3) is 0.190. The average molecular weight is 382 g/mol. The van der Waals surface area contributed by atoms with Gasteiger partial charge >= 0.3 is 0 Å². The molecule has 6 heteroatoms. The molecule has 2 aromatic carbocycles. The van der Waals surface area contributed by atoms with Gasteiger partial charge in [0.2, 0.25) is 11.3 Å². The summed E-state index contributed by atoms with van der Waals surface area (Å²) in [4.78, 5) is 25.4. The highest BCUT2D eigenvalue weighted by Gasteiger charge is 2.21. The van der Waals surface area contributed by atoms with E-state index in [1.165, 1.54) is 0 Å². The van der Waals surface area contributed by atoms with E-state index in [0.29, 0.717) is 33.3 Å². The van der Waals surface area contributed by atoms with Crippen LogP contribution in [0.5, 0.6) is 0 Å². The Hall–Kier alpha value is -2.92. The van der Waals surface area contributed by atoms with Crippen LogP contribution in [0, 0.1) is 12.8 Å². The molecule has 0 atom stereocenters. The number of benzene rings is 2. The van der Waals surface area contributed by atoms with Crippen molar-refractivity contribution in [2.75, 3.05) is 5.32 Å². The van der Waals surface area contributed by atoms with Gasteiger partial charge in [-0.2, -0.15) is 5.10 Å². The topological polar surface area (TPSA) is 64.0 Å². The number of anilines is 1. The van der Waals surface area contributed by atoms with Crippen LogP contribution >= 0.6 is 11.6 Å². The zero-order chi connectivity index (χ0) is 19.6. The number of aryl methyl sites for hydroxylation is 1. The summed E-state index contributed by atoms with van der Waals surface area (Å²) in [5.41, 5.74) is 1.87. The van der Waals surface area contributed by atoms with E-state index < -0.39 is 0 Å². The summed E-state index contributed by atoms with van der Waals surface area (Å²) in [5.74, 6) is -0.122. The Morgan fingerprint density at radius 3 is 2.44 bits per heavy atom. The van der Waals surface area contributed by atoms with Crippen molar-refractivity contribution in [2.24, 2.45) is 5.92 Å². The summed E-state index contributed by atoms with van der Waals surface area (Å²) >= 11 is 6.14. The van der Waals surface area contributed by atoms with Crippen molar-refractivity contribution in [1.29, 1.82) is 0 Å².